The van der Waals surface area contributed by atoms with Gasteiger partial charge in [0.05, 0.1) is 31.7 Å². The number of quaternary nitrogens is 1. The molecular weight excluding hydrogens is 605 g/mol. The smallest absolute Gasteiger partial charge is 0.259 e. The van der Waals surface area contributed by atoms with Gasteiger partial charge in [-0.15, -0.1) is 0 Å². The van der Waals surface area contributed by atoms with Crippen molar-refractivity contribution in [2.75, 3.05) is 20.2 Å². The Kier molecular flexibility index (Phi) is 7.68. The minimum atomic E-state index is -1.25. The van der Waals surface area contributed by atoms with Crippen molar-refractivity contribution in [1.82, 2.24) is 23.7 Å². The molecule has 0 saturated carbocycles. The maximum Gasteiger partial charge on any atom is 0.259 e. The van der Waals surface area contributed by atoms with Gasteiger partial charge in [0, 0.05) is 55.4 Å². The van der Waals surface area contributed by atoms with Gasteiger partial charge in [0.15, 0.2) is 9.54 Å². The molecule has 44 heavy (non-hydrogen) atoms. The molecule has 0 radical (unpaired) electrons. The van der Waals surface area contributed by atoms with Gasteiger partial charge in [-0.25, -0.2) is 0 Å². The first-order chi connectivity index (χ1) is 21.0. The van der Waals surface area contributed by atoms with Crippen molar-refractivity contribution in [3.63, 3.8) is 0 Å². The second-order valence-electron chi connectivity index (χ2n) is 11.6. The fourth-order valence-corrected chi connectivity index (χ4v) is 7.24. The van der Waals surface area contributed by atoms with E-state index in [-0.39, 0.29) is 32.1 Å². The summed E-state index contributed by atoms with van der Waals surface area (Å²) in [5.41, 5.74) is 0.390. The van der Waals surface area contributed by atoms with Crippen LogP contribution in [0.15, 0.2) is 50.8 Å². The Hall–Kier alpha value is -4.27. The number of hydrogen-bond acceptors (Lipinski definition) is 8. The predicted octanol–water partition coefficient (Wildman–Crippen LogP) is 0.531. The number of methoxy groups -OCH3 is 1. The third-order valence-electron chi connectivity index (χ3n) is 8.96. The maximum atomic E-state index is 13.5. The number of aromatic hydroxyl groups is 1. The molecule has 1 saturated heterocycles. The second kappa shape index (κ2) is 11.3. The third-order valence-corrected chi connectivity index (χ3v) is 9.71. The Labute approximate surface area is 261 Å². The molecule has 1 aromatic carbocycles. The molecule has 2 unspecified atom stereocenters. The van der Waals surface area contributed by atoms with Gasteiger partial charge in [-0.1, -0.05) is 12.1 Å². The summed E-state index contributed by atoms with van der Waals surface area (Å²) < 4.78 is 9.87. The molecule has 6 rings (SSSR count). The van der Waals surface area contributed by atoms with Gasteiger partial charge in [0.2, 0.25) is 5.88 Å². The molecule has 14 heteroatoms. The molecular formula is C30H32N6O6S2. The summed E-state index contributed by atoms with van der Waals surface area (Å²) in [6.45, 7) is 2.91. The van der Waals surface area contributed by atoms with Gasteiger partial charge in [-0.3, -0.25) is 28.9 Å². The van der Waals surface area contributed by atoms with E-state index in [1.807, 2.05) is 22.8 Å². The number of nitrogens with zero attached hydrogens (tertiary/aromatic N) is 3. The van der Waals surface area contributed by atoms with E-state index in [0.717, 1.165) is 35.3 Å². The van der Waals surface area contributed by atoms with Gasteiger partial charge in [0.25, 0.3) is 16.7 Å². The molecule has 2 aliphatic rings. The monoisotopic (exact) mass is 636 g/mol. The van der Waals surface area contributed by atoms with Crippen molar-refractivity contribution in [1.29, 1.82) is 0 Å². The van der Waals surface area contributed by atoms with E-state index in [9.17, 15) is 24.6 Å². The Balaban J connectivity index is 1.47. The molecule has 2 aliphatic heterocycles. The highest BCUT2D eigenvalue weighted by atomic mass is 32.1. The number of pyridine rings is 1. The minimum absolute atomic E-state index is 0.0174. The lowest BCUT2D eigenvalue weighted by Gasteiger charge is -2.40. The molecule has 0 amide bonds. The van der Waals surface area contributed by atoms with Crippen LogP contribution >= 0.6 is 24.4 Å². The summed E-state index contributed by atoms with van der Waals surface area (Å²) in [4.78, 5) is 45.5. The summed E-state index contributed by atoms with van der Waals surface area (Å²) in [7, 11) is 4.48. The molecule has 2 bridgehead atoms. The van der Waals surface area contributed by atoms with Crippen LogP contribution in [0.25, 0.3) is 0 Å². The first kappa shape index (κ1) is 29.8. The van der Waals surface area contributed by atoms with Crippen molar-refractivity contribution < 1.29 is 19.8 Å². The zero-order valence-electron chi connectivity index (χ0n) is 24.4. The van der Waals surface area contributed by atoms with Crippen LogP contribution < -0.4 is 31.4 Å². The molecule has 4 atom stereocenters. The number of aromatic amines is 2. The topological polar surface area (TPSA) is 155 Å². The standard InChI is InChI=1S/C30H32N6O6S2/c1-33-27(40)23(25(38)31-29(33)43)22(24-26(39)32-30(44)34(2)28(24)41)16-7-8-20(42-3)18(10-16)14-35-11-15-9-17(13-35)19-5-4-6-21(37)36(19)12-15/h4-8,10,15,17,22,40-41H,9,11-14H2,1-3H3,(H,31,38,43)(H,32,39,44)/t15-,17+/m1/s1. The number of rotatable bonds is 6. The van der Waals surface area contributed by atoms with Crippen LogP contribution in [-0.4, -0.2) is 49.0 Å². The molecule has 0 aliphatic carbocycles. The summed E-state index contributed by atoms with van der Waals surface area (Å²) in [6.07, 6.45) is 1.02. The Morgan fingerprint density at radius 1 is 1.05 bits per heavy atom. The van der Waals surface area contributed by atoms with Crippen LogP contribution in [0, 0.1) is 15.5 Å². The van der Waals surface area contributed by atoms with Crippen molar-refractivity contribution in [2.24, 2.45) is 20.0 Å². The highest BCUT2D eigenvalue weighted by Gasteiger charge is 2.38. The molecule has 12 nitrogen and oxygen atoms in total. The van der Waals surface area contributed by atoms with Gasteiger partial charge < -0.3 is 29.0 Å². The van der Waals surface area contributed by atoms with Gasteiger partial charge in [0.1, 0.15) is 12.3 Å². The van der Waals surface area contributed by atoms with Crippen LogP contribution in [0.3, 0.4) is 0 Å². The number of piperidine rings is 1. The molecule has 4 aromatic rings. The number of likely N-dealkylation sites (tertiary alicyclic amines) is 1. The maximum absolute atomic E-state index is 13.5. The highest BCUT2D eigenvalue weighted by Crippen LogP contribution is 2.37. The van der Waals surface area contributed by atoms with Crippen molar-refractivity contribution >= 4 is 24.4 Å². The molecule has 5 heterocycles. The quantitative estimate of drug-likeness (QED) is 0.224. The number of benzene rings is 1. The molecule has 1 fully saturated rings. The number of ether oxygens (including phenoxy) is 1. The normalized spacial score (nSPS) is 19.8. The zero-order chi connectivity index (χ0) is 31.4. The fourth-order valence-electron chi connectivity index (χ4n) is 6.89. The van der Waals surface area contributed by atoms with Crippen LogP contribution in [0.4, 0.5) is 0 Å². The molecule has 4 N–H and O–H groups in total. The Morgan fingerprint density at radius 3 is 2.48 bits per heavy atom. The van der Waals surface area contributed by atoms with E-state index in [1.54, 1.807) is 25.3 Å². The van der Waals surface area contributed by atoms with E-state index < -0.39 is 28.8 Å². The average Bonchev–Trinajstić information content (AvgIpc) is 2.98. The summed E-state index contributed by atoms with van der Waals surface area (Å²) in [6, 6.07) is 10.7. The molecule has 3 aromatic heterocycles. The summed E-state index contributed by atoms with van der Waals surface area (Å²) >= 11 is 10.3. The molecule has 0 spiro atoms. The van der Waals surface area contributed by atoms with Gasteiger partial charge in [-0.2, -0.15) is 0 Å². The highest BCUT2D eigenvalue weighted by molar-refractivity contribution is 7.71. The van der Waals surface area contributed by atoms with E-state index in [0.29, 0.717) is 30.3 Å². The summed E-state index contributed by atoms with van der Waals surface area (Å²) in [5.74, 6) is -1.22. The lowest BCUT2D eigenvalue weighted by molar-refractivity contribution is -0.924. The third kappa shape index (κ3) is 5.02. The van der Waals surface area contributed by atoms with Gasteiger partial charge >= 0.3 is 0 Å². The fraction of sp³-hybridized carbons (Fsp3) is 0.367. The number of fused-ring (bicyclic) bond motifs is 4. The van der Waals surface area contributed by atoms with E-state index in [2.05, 4.69) is 9.97 Å². The lowest BCUT2D eigenvalue weighted by atomic mass is 9.82. The number of nitrogens with one attached hydrogen (secondary N) is 3. The first-order valence-corrected chi connectivity index (χ1v) is 15.0. The first-order valence-electron chi connectivity index (χ1n) is 14.2. The van der Waals surface area contributed by atoms with Crippen LogP contribution in [0.2, 0.25) is 0 Å². The summed E-state index contributed by atoms with van der Waals surface area (Å²) in [5, 5.41) is 24.7. The van der Waals surface area contributed by atoms with E-state index in [1.165, 1.54) is 23.6 Å². The SMILES string of the molecule is COc1ccc(C(c2c([O-])n(C)c(=S)[nH]c2=O)c2c(O)n(C)c(=S)[nH]c2=O)cc1C[NH+]1C[C@H]2C[C@@H](C1)c1cccc(=O)n1C2. The van der Waals surface area contributed by atoms with Crippen LogP contribution in [0.5, 0.6) is 17.5 Å². The van der Waals surface area contributed by atoms with Crippen molar-refractivity contribution in [3.05, 3.63) is 105 Å². The van der Waals surface area contributed by atoms with Crippen molar-refractivity contribution in [2.45, 2.75) is 31.3 Å². The number of H-pyrrole nitrogens is 2. The van der Waals surface area contributed by atoms with Crippen molar-refractivity contribution in [3.8, 4) is 17.5 Å². The number of aromatic nitrogens is 5. The lowest BCUT2D eigenvalue weighted by Crippen LogP contribution is -3.13. The van der Waals surface area contributed by atoms with Gasteiger partial charge in [-0.05, 0) is 60.5 Å². The van der Waals surface area contributed by atoms with Crippen LogP contribution in [0.1, 0.15) is 46.2 Å². The second-order valence-corrected chi connectivity index (χ2v) is 12.4. The van der Waals surface area contributed by atoms with E-state index >= 15 is 0 Å². The number of hydrogen-bond donors (Lipinski definition) is 4. The Bertz CT molecular complexity index is 2010. The van der Waals surface area contributed by atoms with E-state index in [4.69, 9.17) is 29.2 Å². The predicted molar refractivity (Wildman–Crippen MR) is 165 cm³/mol. The molecule has 230 valence electrons. The minimum Gasteiger partial charge on any atom is -0.860 e. The van der Waals surface area contributed by atoms with Crippen LogP contribution in [-0.2, 0) is 27.2 Å². The average molecular weight is 637 g/mol. The largest absolute Gasteiger partial charge is 0.860 e. The Morgan fingerprint density at radius 2 is 1.75 bits per heavy atom. The zero-order valence-corrected chi connectivity index (χ0v) is 26.0.